The van der Waals surface area contributed by atoms with Gasteiger partial charge in [0.25, 0.3) is 0 Å². The van der Waals surface area contributed by atoms with Crippen molar-refractivity contribution in [1.29, 1.82) is 0 Å². The highest BCUT2D eigenvalue weighted by Gasteiger charge is 2.32. The Labute approximate surface area is 97.0 Å². The molecule has 0 radical (unpaired) electrons. The van der Waals surface area contributed by atoms with Gasteiger partial charge in [-0.05, 0) is 39.8 Å². The second-order valence-electron chi connectivity index (χ2n) is 4.67. The molecule has 90 valence electrons. The molecule has 1 unspecified atom stereocenters. The van der Waals surface area contributed by atoms with Crippen LogP contribution < -0.4 is 0 Å². The maximum atomic E-state index is 6.25. The minimum absolute atomic E-state index is 0.361. The van der Waals surface area contributed by atoms with E-state index in [-0.39, 0.29) is 0 Å². The van der Waals surface area contributed by atoms with Gasteiger partial charge in [-0.1, -0.05) is 38.0 Å². The summed E-state index contributed by atoms with van der Waals surface area (Å²) in [4.78, 5) is 0. The van der Waals surface area contributed by atoms with E-state index in [2.05, 4.69) is 47.2 Å². The Bertz CT molecular complexity index is 199. The van der Waals surface area contributed by atoms with E-state index in [4.69, 9.17) is 4.43 Å². The molecule has 0 spiro atoms. The molecule has 0 fully saturated rings. The first-order valence-corrected chi connectivity index (χ1v) is 8.95. The molecule has 0 saturated carbocycles. The molecule has 0 N–H and O–H groups in total. The Morgan fingerprint density at radius 3 is 2.27 bits per heavy atom. The maximum absolute atomic E-state index is 6.25. The Kier molecular flexibility index (Phi) is 7.19. The van der Waals surface area contributed by atoms with Crippen molar-refractivity contribution in [2.75, 3.05) is 0 Å². The van der Waals surface area contributed by atoms with Crippen LogP contribution in [0.3, 0.4) is 0 Å². The molecule has 0 heterocycles. The number of unbranched alkanes of at least 4 members (excludes halogenated alkanes) is 1. The summed E-state index contributed by atoms with van der Waals surface area (Å²) in [5, 5.41) is 1.57. The van der Waals surface area contributed by atoms with Crippen molar-refractivity contribution in [3.05, 3.63) is 11.3 Å². The second-order valence-corrected chi connectivity index (χ2v) is 8.51. The van der Waals surface area contributed by atoms with E-state index in [1.54, 1.807) is 5.20 Å². The smallest absolute Gasteiger partial charge is 0.217 e. The predicted molar refractivity (Wildman–Crippen MR) is 71.6 cm³/mol. The number of hydrogen-bond donors (Lipinski definition) is 0. The summed E-state index contributed by atoms with van der Waals surface area (Å²) < 4.78 is 6.25. The van der Waals surface area contributed by atoms with Gasteiger partial charge in [-0.2, -0.15) is 0 Å². The summed E-state index contributed by atoms with van der Waals surface area (Å²) in [6, 6.07) is 1.27. The van der Waals surface area contributed by atoms with E-state index in [1.165, 1.54) is 18.9 Å². The van der Waals surface area contributed by atoms with Crippen molar-refractivity contribution in [3.63, 3.8) is 0 Å². The Balaban J connectivity index is 4.66. The lowest BCUT2D eigenvalue weighted by molar-refractivity contribution is 0.231. The summed E-state index contributed by atoms with van der Waals surface area (Å²) >= 11 is 0. The van der Waals surface area contributed by atoms with E-state index >= 15 is 0 Å². The van der Waals surface area contributed by atoms with Gasteiger partial charge in [0.1, 0.15) is 0 Å². The fraction of sp³-hybridized carbons (Fsp3) is 0.846. The van der Waals surface area contributed by atoms with Crippen LogP contribution in [0.4, 0.5) is 0 Å². The van der Waals surface area contributed by atoms with Crippen LogP contribution in [-0.4, -0.2) is 14.4 Å². The quantitative estimate of drug-likeness (QED) is 0.575. The number of rotatable bonds is 7. The molecule has 0 saturated heterocycles. The maximum Gasteiger partial charge on any atom is 0.217 e. The van der Waals surface area contributed by atoms with Crippen LogP contribution in [0, 0.1) is 0 Å². The molecule has 15 heavy (non-hydrogen) atoms. The van der Waals surface area contributed by atoms with Gasteiger partial charge in [-0.15, -0.1) is 0 Å². The van der Waals surface area contributed by atoms with E-state index < -0.39 is 8.32 Å². The van der Waals surface area contributed by atoms with Gasteiger partial charge in [0.2, 0.25) is 8.32 Å². The molecule has 2 heteroatoms. The van der Waals surface area contributed by atoms with Crippen LogP contribution in [0.25, 0.3) is 0 Å². The lowest BCUT2D eigenvalue weighted by atomic mass is 10.4. The lowest BCUT2D eigenvalue weighted by Gasteiger charge is -2.32. The lowest BCUT2D eigenvalue weighted by Crippen LogP contribution is -2.39. The van der Waals surface area contributed by atoms with Gasteiger partial charge in [0.05, 0.1) is 0 Å². The van der Waals surface area contributed by atoms with Crippen LogP contribution in [0.5, 0.6) is 0 Å². The Hall–Kier alpha value is -0.0831. The highest BCUT2D eigenvalue weighted by Crippen LogP contribution is 2.27. The van der Waals surface area contributed by atoms with E-state index in [9.17, 15) is 0 Å². The molecule has 1 atom stereocenters. The van der Waals surface area contributed by atoms with Gasteiger partial charge in [0.15, 0.2) is 0 Å². The third kappa shape index (κ3) is 4.98. The van der Waals surface area contributed by atoms with Crippen molar-refractivity contribution in [2.45, 2.75) is 72.6 Å². The zero-order valence-electron chi connectivity index (χ0n) is 11.4. The molecule has 0 bridgehead atoms. The molecule has 0 amide bonds. The molecular weight excluding hydrogens is 200 g/mol. The number of allylic oxidation sites excluding steroid dienone is 2. The monoisotopic (exact) mass is 228 g/mol. The average molecular weight is 228 g/mol. The minimum Gasteiger partial charge on any atom is -0.411 e. The predicted octanol–water partition coefficient (Wildman–Crippen LogP) is 4.68. The Morgan fingerprint density at radius 2 is 1.93 bits per heavy atom. The van der Waals surface area contributed by atoms with E-state index in [1.807, 2.05) is 0 Å². The van der Waals surface area contributed by atoms with Crippen molar-refractivity contribution < 1.29 is 4.43 Å². The summed E-state index contributed by atoms with van der Waals surface area (Å²) in [7, 11) is -1.60. The molecule has 0 aromatic heterocycles. The minimum atomic E-state index is -1.60. The third-order valence-electron chi connectivity index (χ3n) is 2.91. The first-order chi connectivity index (χ1) is 7.00. The number of hydrogen-bond acceptors (Lipinski definition) is 1. The summed E-state index contributed by atoms with van der Waals surface area (Å²) in [6.07, 6.45) is 6.36. The molecule has 0 aliphatic heterocycles. The molecule has 1 nitrogen and oxygen atoms in total. The molecule has 0 rings (SSSR count). The largest absolute Gasteiger partial charge is 0.411 e. The van der Waals surface area contributed by atoms with Crippen LogP contribution in [0.2, 0.25) is 12.6 Å². The van der Waals surface area contributed by atoms with Crippen molar-refractivity contribution in [2.24, 2.45) is 0 Å². The van der Waals surface area contributed by atoms with Crippen LogP contribution >= 0.6 is 0 Å². The summed E-state index contributed by atoms with van der Waals surface area (Å²) in [5.74, 6) is 0. The zero-order chi connectivity index (χ0) is 11.9. The average Bonchev–Trinajstić information content (AvgIpc) is 2.15. The van der Waals surface area contributed by atoms with Crippen LogP contribution in [0.1, 0.15) is 53.9 Å². The fourth-order valence-corrected chi connectivity index (χ4v) is 6.23. The van der Waals surface area contributed by atoms with E-state index in [0.29, 0.717) is 6.10 Å². The van der Waals surface area contributed by atoms with Gasteiger partial charge in [-0.3, -0.25) is 0 Å². The summed E-state index contributed by atoms with van der Waals surface area (Å²) in [6.45, 7) is 13.3. The van der Waals surface area contributed by atoms with Crippen molar-refractivity contribution in [3.8, 4) is 0 Å². The topological polar surface area (TPSA) is 9.23 Å². The normalized spacial score (nSPS) is 16.9. The van der Waals surface area contributed by atoms with Gasteiger partial charge < -0.3 is 4.43 Å². The second kappa shape index (κ2) is 7.23. The SMILES string of the molecule is CC=C(CC)[Si](C)(CCCC)OC(C)C. The van der Waals surface area contributed by atoms with Crippen LogP contribution in [0.15, 0.2) is 11.3 Å². The molecule has 0 aliphatic rings. The van der Waals surface area contributed by atoms with Gasteiger partial charge in [0, 0.05) is 6.10 Å². The zero-order valence-corrected chi connectivity index (χ0v) is 12.4. The third-order valence-corrected chi connectivity index (χ3v) is 7.21. The molecule has 0 aromatic rings. The summed E-state index contributed by atoms with van der Waals surface area (Å²) in [5.41, 5.74) is 0. The van der Waals surface area contributed by atoms with Crippen molar-refractivity contribution in [1.82, 2.24) is 0 Å². The molecule has 0 aromatic carbocycles. The van der Waals surface area contributed by atoms with Crippen molar-refractivity contribution >= 4 is 8.32 Å². The first kappa shape index (κ1) is 14.9. The highest BCUT2D eigenvalue weighted by atomic mass is 28.4. The highest BCUT2D eigenvalue weighted by molar-refractivity contribution is 6.79. The molecular formula is C13H28OSi. The standard InChI is InChI=1S/C13H28OSi/c1-7-10-11-15(6,14-12(4)5)13(8-2)9-3/h8,12H,7,9-11H2,1-6H3. The molecule has 0 aliphatic carbocycles. The fourth-order valence-electron chi connectivity index (χ4n) is 2.21. The van der Waals surface area contributed by atoms with Gasteiger partial charge in [-0.25, -0.2) is 0 Å². The van der Waals surface area contributed by atoms with Crippen LogP contribution in [-0.2, 0) is 4.43 Å². The Morgan fingerprint density at radius 1 is 1.33 bits per heavy atom. The first-order valence-electron chi connectivity index (χ1n) is 6.33. The van der Waals surface area contributed by atoms with Gasteiger partial charge >= 0.3 is 0 Å². The van der Waals surface area contributed by atoms with E-state index in [0.717, 1.165) is 6.42 Å².